The van der Waals surface area contributed by atoms with Gasteiger partial charge in [-0.2, -0.15) is 18.3 Å². The van der Waals surface area contributed by atoms with Gasteiger partial charge in [-0.3, -0.25) is 4.79 Å². The van der Waals surface area contributed by atoms with E-state index in [0.29, 0.717) is 0 Å². The molecule has 3 nitrogen and oxygen atoms in total. The number of amides is 1. The van der Waals surface area contributed by atoms with Crippen molar-refractivity contribution < 1.29 is 18.0 Å². The Bertz CT molecular complexity index is 697. The van der Waals surface area contributed by atoms with Gasteiger partial charge in [-0.05, 0) is 35.9 Å². The van der Waals surface area contributed by atoms with E-state index in [0.717, 1.165) is 22.2 Å². The lowest BCUT2D eigenvalue weighted by Gasteiger charge is -2.07. The van der Waals surface area contributed by atoms with Crippen LogP contribution in [0.15, 0.2) is 58.1 Å². The van der Waals surface area contributed by atoms with Gasteiger partial charge in [0.2, 0.25) is 0 Å². The van der Waals surface area contributed by atoms with E-state index in [4.69, 9.17) is 0 Å². The third-order valence-corrected chi connectivity index (χ3v) is 3.23. The van der Waals surface area contributed by atoms with Gasteiger partial charge >= 0.3 is 6.18 Å². The fourth-order valence-corrected chi connectivity index (χ4v) is 1.88. The molecule has 0 spiro atoms. The molecule has 114 valence electrons. The summed E-state index contributed by atoms with van der Waals surface area (Å²) < 4.78 is 38.6. The number of carbonyl (C=O) groups excluding carboxylic acids is 1. The SMILES string of the molecule is O=C(N/N=C\c1ccc(Br)cc1)c1cccc(C(F)(F)F)c1. The van der Waals surface area contributed by atoms with Crippen LogP contribution in [-0.2, 0) is 6.18 Å². The van der Waals surface area contributed by atoms with Crippen molar-refractivity contribution in [1.29, 1.82) is 0 Å². The zero-order valence-electron chi connectivity index (χ0n) is 11.1. The Labute approximate surface area is 133 Å². The van der Waals surface area contributed by atoms with Gasteiger partial charge in [-0.15, -0.1) is 0 Å². The number of nitrogens with zero attached hydrogens (tertiary/aromatic N) is 1. The first-order chi connectivity index (χ1) is 10.4. The Morgan fingerprint density at radius 2 is 1.82 bits per heavy atom. The molecule has 7 heteroatoms. The number of alkyl halides is 3. The van der Waals surface area contributed by atoms with E-state index in [2.05, 4.69) is 26.5 Å². The third-order valence-electron chi connectivity index (χ3n) is 2.70. The lowest BCUT2D eigenvalue weighted by atomic mass is 10.1. The maximum atomic E-state index is 12.6. The first-order valence-corrected chi connectivity index (χ1v) is 6.92. The monoisotopic (exact) mass is 370 g/mol. The Morgan fingerprint density at radius 1 is 1.14 bits per heavy atom. The second-order valence-corrected chi connectivity index (χ2v) is 5.24. The standard InChI is InChI=1S/C15H10BrF3N2O/c16-13-6-4-10(5-7-13)9-20-21-14(22)11-2-1-3-12(8-11)15(17,18)19/h1-9H,(H,21,22)/b20-9-. The molecule has 0 radical (unpaired) electrons. The average molecular weight is 371 g/mol. The Kier molecular flexibility index (Phi) is 4.97. The van der Waals surface area contributed by atoms with Crippen molar-refractivity contribution in [3.63, 3.8) is 0 Å². The number of hydrogen-bond donors (Lipinski definition) is 1. The number of hydrogen-bond acceptors (Lipinski definition) is 2. The zero-order valence-corrected chi connectivity index (χ0v) is 12.6. The summed E-state index contributed by atoms with van der Waals surface area (Å²) in [6, 6.07) is 11.3. The molecule has 0 aliphatic rings. The van der Waals surface area contributed by atoms with Gasteiger partial charge in [0.05, 0.1) is 11.8 Å². The molecular weight excluding hydrogens is 361 g/mol. The van der Waals surface area contributed by atoms with Crippen LogP contribution in [0, 0.1) is 0 Å². The minimum absolute atomic E-state index is 0.109. The lowest BCUT2D eigenvalue weighted by Crippen LogP contribution is -2.18. The molecule has 22 heavy (non-hydrogen) atoms. The molecule has 1 N–H and O–H groups in total. The summed E-state index contributed by atoms with van der Waals surface area (Å²) >= 11 is 3.28. The highest BCUT2D eigenvalue weighted by molar-refractivity contribution is 9.10. The van der Waals surface area contributed by atoms with Gasteiger partial charge in [0.15, 0.2) is 0 Å². The lowest BCUT2D eigenvalue weighted by molar-refractivity contribution is -0.137. The van der Waals surface area contributed by atoms with Crippen LogP contribution in [-0.4, -0.2) is 12.1 Å². The molecule has 0 unspecified atom stereocenters. The van der Waals surface area contributed by atoms with Crippen LogP contribution in [0.25, 0.3) is 0 Å². The molecule has 1 amide bonds. The normalized spacial score (nSPS) is 11.6. The van der Waals surface area contributed by atoms with E-state index >= 15 is 0 Å². The summed E-state index contributed by atoms with van der Waals surface area (Å²) in [5.74, 6) is -0.709. The van der Waals surface area contributed by atoms with Gasteiger partial charge in [-0.1, -0.05) is 34.1 Å². The van der Waals surface area contributed by atoms with Gasteiger partial charge in [0.1, 0.15) is 0 Å². The molecule has 0 fully saturated rings. The van der Waals surface area contributed by atoms with E-state index in [-0.39, 0.29) is 5.56 Å². The largest absolute Gasteiger partial charge is 0.416 e. The summed E-state index contributed by atoms with van der Waals surface area (Å²) in [5.41, 5.74) is 1.95. The van der Waals surface area contributed by atoms with Crippen LogP contribution in [0.3, 0.4) is 0 Å². The van der Waals surface area contributed by atoms with E-state index in [1.54, 1.807) is 24.3 Å². The molecule has 0 heterocycles. The number of carbonyl (C=O) groups is 1. The predicted molar refractivity (Wildman–Crippen MR) is 80.6 cm³/mol. The highest BCUT2D eigenvalue weighted by atomic mass is 79.9. The smallest absolute Gasteiger partial charge is 0.267 e. The molecule has 2 aromatic rings. The summed E-state index contributed by atoms with van der Waals surface area (Å²) in [4.78, 5) is 11.8. The maximum absolute atomic E-state index is 12.6. The number of benzene rings is 2. The van der Waals surface area contributed by atoms with E-state index in [9.17, 15) is 18.0 Å². The molecule has 0 bridgehead atoms. The van der Waals surface area contributed by atoms with E-state index in [1.165, 1.54) is 18.3 Å². The van der Waals surface area contributed by atoms with Crippen molar-refractivity contribution in [2.75, 3.05) is 0 Å². The fraction of sp³-hybridized carbons (Fsp3) is 0.0667. The van der Waals surface area contributed by atoms with Crippen molar-refractivity contribution in [3.05, 3.63) is 69.7 Å². The van der Waals surface area contributed by atoms with Gasteiger partial charge in [-0.25, -0.2) is 5.43 Å². The molecule has 0 aliphatic heterocycles. The Hall–Kier alpha value is -2.15. The van der Waals surface area contributed by atoms with Crippen molar-refractivity contribution in [3.8, 4) is 0 Å². The molecule has 0 aliphatic carbocycles. The minimum atomic E-state index is -4.49. The van der Waals surface area contributed by atoms with E-state index in [1.807, 2.05) is 0 Å². The molecule has 0 saturated heterocycles. The second kappa shape index (κ2) is 6.74. The molecule has 0 atom stereocenters. The maximum Gasteiger partial charge on any atom is 0.416 e. The number of nitrogens with one attached hydrogen (secondary N) is 1. The van der Waals surface area contributed by atoms with Crippen molar-refractivity contribution in [1.82, 2.24) is 5.43 Å². The van der Waals surface area contributed by atoms with Gasteiger partial charge < -0.3 is 0 Å². The van der Waals surface area contributed by atoms with Gasteiger partial charge in [0, 0.05) is 10.0 Å². The Balaban J connectivity index is 2.05. The van der Waals surface area contributed by atoms with Crippen LogP contribution in [0.4, 0.5) is 13.2 Å². The van der Waals surface area contributed by atoms with Crippen LogP contribution < -0.4 is 5.43 Å². The van der Waals surface area contributed by atoms with Crippen molar-refractivity contribution >= 4 is 28.1 Å². The van der Waals surface area contributed by atoms with Crippen LogP contribution in [0.1, 0.15) is 21.5 Å². The highest BCUT2D eigenvalue weighted by Crippen LogP contribution is 2.29. The van der Waals surface area contributed by atoms with E-state index < -0.39 is 17.6 Å². The first-order valence-electron chi connectivity index (χ1n) is 6.12. The fourth-order valence-electron chi connectivity index (χ4n) is 1.62. The van der Waals surface area contributed by atoms with Crippen molar-refractivity contribution in [2.45, 2.75) is 6.18 Å². The predicted octanol–water partition coefficient (Wildman–Crippen LogP) is 4.23. The van der Waals surface area contributed by atoms with Crippen LogP contribution in [0.2, 0.25) is 0 Å². The minimum Gasteiger partial charge on any atom is -0.267 e. The van der Waals surface area contributed by atoms with Crippen LogP contribution >= 0.6 is 15.9 Å². The summed E-state index contributed by atoms with van der Waals surface area (Å²) in [6.45, 7) is 0. The molecule has 2 aromatic carbocycles. The quantitative estimate of drug-likeness (QED) is 0.637. The topological polar surface area (TPSA) is 41.5 Å². The van der Waals surface area contributed by atoms with Crippen molar-refractivity contribution in [2.24, 2.45) is 5.10 Å². The summed E-state index contributed by atoms with van der Waals surface area (Å²) in [5, 5.41) is 3.72. The molecule has 0 saturated carbocycles. The Morgan fingerprint density at radius 3 is 2.45 bits per heavy atom. The molecule has 0 aromatic heterocycles. The second-order valence-electron chi connectivity index (χ2n) is 4.33. The summed E-state index contributed by atoms with van der Waals surface area (Å²) in [6.07, 6.45) is -3.09. The number of hydrazone groups is 1. The third kappa shape index (κ3) is 4.42. The average Bonchev–Trinajstić information content (AvgIpc) is 2.48. The number of halogens is 4. The highest BCUT2D eigenvalue weighted by Gasteiger charge is 2.30. The van der Waals surface area contributed by atoms with Crippen LogP contribution in [0.5, 0.6) is 0 Å². The summed E-state index contributed by atoms with van der Waals surface area (Å²) in [7, 11) is 0. The van der Waals surface area contributed by atoms with Gasteiger partial charge in [0.25, 0.3) is 5.91 Å². The first kappa shape index (κ1) is 16.2. The molecule has 2 rings (SSSR count). The number of rotatable bonds is 3. The zero-order chi connectivity index (χ0) is 16.2. The molecular formula is C15H10BrF3N2O.